The molecule has 0 aliphatic carbocycles. The molecule has 0 amide bonds. The van der Waals surface area contributed by atoms with Crippen molar-refractivity contribution in [1.82, 2.24) is 14.8 Å². The molecule has 1 aliphatic heterocycles. The van der Waals surface area contributed by atoms with Crippen molar-refractivity contribution >= 4 is 5.69 Å². The van der Waals surface area contributed by atoms with Gasteiger partial charge in [-0.1, -0.05) is 30.3 Å². The highest BCUT2D eigenvalue weighted by Gasteiger charge is 2.17. The van der Waals surface area contributed by atoms with E-state index < -0.39 is 0 Å². The maximum Gasteiger partial charge on any atom is 0.122 e. The van der Waals surface area contributed by atoms with E-state index >= 15 is 0 Å². The molecule has 2 aromatic rings. The highest BCUT2D eigenvalue weighted by Crippen LogP contribution is 2.24. The van der Waals surface area contributed by atoms with Gasteiger partial charge in [-0.2, -0.15) is 0 Å². The van der Waals surface area contributed by atoms with E-state index in [1.54, 1.807) is 7.11 Å². The molecule has 158 valence electrons. The molecule has 5 nitrogen and oxygen atoms in total. The Hall–Kier alpha value is -2.08. The number of nitrogens with zero attached hydrogens (tertiary/aromatic N) is 3. The number of methoxy groups -OCH3 is 1. The van der Waals surface area contributed by atoms with Crippen LogP contribution in [0, 0.1) is 0 Å². The maximum atomic E-state index is 5.56. The first-order valence-corrected chi connectivity index (χ1v) is 10.7. The van der Waals surface area contributed by atoms with Crippen LogP contribution in [0.25, 0.3) is 0 Å². The average molecular weight is 397 g/mol. The average Bonchev–Trinajstić information content (AvgIpc) is 2.74. The fraction of sp³-hybridized carbons (Fsp3) is 0.500. The molecule has 1 N–H and O–H groups in total. The number of piperazine rings is 1. The largest absolute Gasteiger partial charge is 0.496 e. The smallest absolute Gasteiger partial charge is 0.122 e. The van der Waals surface area contributed by atoms with Crippen LogP contribution in [0.5, 0.6) is 5.75 Å². The molecule has 1 saturated heterocycles. The van der Waals surface area contributed by atoms with E-state index in [4.69, 9.17) is 4.74 Å². The highest BCUT2D eigenvalue weighted by molar-refractivity contribution is 5.50. The van der Waals surface area contributed by atoms with Crippen LogP contribution in [0.3, 0.4) is 0 Å². The third-order valence-corrected chi connectivity index (χ3v) is 5.55. The van der Waals surface area contributed by atoms with Crippen LogP contribution in [0.1, 0.15) is 17.5 Å². The summed E-state index contributed by atoms with van der Waals surface area (Å²) in [5.41, 5.74) is 7.47. The normalized spacial score (nSPS) is 15.6. The van der Waals surface area contributed by atoms with Crippen LogP contribution in [0.15, 0.2) is 48.5 Å². The number of rotatable bonds is 10. The van der Waals surface area contributed by atoms with E-state index in [9.17, 15) is 0 Å². The molecule has 0 atom stereocenters. The van der Waals surface area contributed by atoms with E-state index in [2.05, 4.69) is 82.9 Å². The lowest BCUT2D eigenvalue weighted by Gasteiger charge is -2.35. The summed E-state index contributed by atoms with van der Waals surface area (Å²) in [6.45, 7) is 6.51. The van der Waals surface area contributed by atoms with E-state index in [1.807, 2.05) is 0 Å². The van der Waals surface area contributed by atoms with Crippen LogP contribution in [-0.4, -0.2) is 75.3 Å². The zero-order valence-corrected chi connectivity index (χ0v) is 18.2. The Morgan fingerprint density at radius 2 is 1.72 bits per heavy atom. The standard InChI is InChI=1S/C24H36N4O/c1-26(2)14-7-10-22-20-23(11-12-24(22)29-3)25-28-18-16-27(17-19-28)15-13-21-8-5-4-6-9-21/h4-6,8-9,11-12,20,25H,7,10,13-19H2,1-3H3. The van der Waals surface area contributed by atoms with Gasteiger partial charge >= 0.3 is 0 Å². The number of hydrazine groups is 1. The minimum atomic E-state index is 0.986. The number of ether oxygens (including phenoxy) is 1. The van der Waals surface area contributed by atoms with Gasteiger partial charge in [-0.25, -0.2) is 5.01 Å². The Bertz CT molecular complexity index is 727. The molecule has 5 heteroatoms. The first-order chi connectivity index (χ1) is 14.1. The van der Waals surface area contributed by atoms with Gasteiger partial charge in [0.15, 0.2) is 0 Å². The maximum absolute atomic E-state index is 5.56. The molecule has 0 saturated carbocycles. The molecule has 0 radical (unpaired) electrons. The van der Waals surface area contributed by atoms with Crippen molar-refractivity contribution in [3.8, 4) is 5.75 Å². The van der Waals surface area contributed by atoms with Gasteiger partial charge in [-0.05, 0) is 69.2 Å². The zero-order chi connectivity index (χ0) is 20.5. The Balaban J connectivity index is 1.46. The Morgan fingerprint density at radius 3 is 2.41 bits per heavy atom. The second kappa shape index (κ2) is 11.2. The van der Waals surface area contributed by atoms with Crippen molar-refractivity contribution in [2.24, 2.45) is 0 Å². The molecule has 3 rings (SSSR count). The number of hydrogen-bond acceptors (Lipinski definition) is 5. The van der Waals surface area contributed by atoms with E-state index in [-0.39, 0.29) is 0 Å². The van der Waals surface area contributed by atoms with Crippen molar-refractivity contribution in [2.45, 2.75) is 19.3 Å². The molecule has 0 aromatic heterocycles. The van der Waals surface area contributed by atoms with Gasteiger partial charge in [-0.3, -0.25) is 0 Å². The van der Waals surface area contributed by atoms with Crippen molar-refractivity contribution in [3.05, 3.63) is 59.7 Å². The van der Waals surface area contributed by atoms with Crippen molar-refractivity contribution in [1.29, 1.82) is 0 Å². The van der Waals surface area contributed by atoms with Crippen molar-refractivity contribution in [3.63, 3.8) is 0 Å². The molecule has 1 fully saturated rings. The number of hydrogen-bond donors (Lipinski definition) is 1. The van der Waals surface area contributed by atoms with E-state index in [1.165, 1.54) is 11.1 Å². The zero-order valence-electron chi connectivity index (χ0n) is 18.2. The van der Waals surface area contributed by atoms with Gasteiger partial charge in [0.2, 0.25) is 0 Å². The molecular weight excluding hydrogens is 360 g/mol. The lowest BCUT2D eigenvalue weighted by Crippen LogP contribution is -2.48. The molecule has 1 heterocycles. The summed E-state index contributed by atoms with van der Waals surface area (Å²) in [6.07, 6.45) is 3.29. The Kier molecular flexibility index (Phi) is 8.35. The second-order valence-electron chi connectivity index (χ2n) is 8.11. The lowest BCUT2D eigenvalue weighted by atomic mass is 10.1. The number of aryl methyl sites for hydroxylation is 1. The fourth-order valence-electron chi connectivity index (χ4n) is 3.83. The second-order valence-corrected chi connectivity index (χ2v) is 8.11. The first-order valence-electron chi connectivity index (χ1n) is 10.7. The van der Waals surface area contributed by atoms with Gasteiger partial charge in [0.25, 0.3) is 0 Å². The summed E-state index contributed by atoms with van der Waals surface area (Å²) in [7, 11) is 6.00. The fourth-order valence-corrected chi connectivity index (χ4v) is 3.83. The number of benzene rings is 2. The molecule has 29 heavy (non-hydrogen) atoms. The monoisotopic (exact) mass is 396 g/mol. The van der Waals surface area contributed by atoms with Crippen LogP contribution < -0.4 is 10.2 Å². The van der Waals surface area contributed by atoms with Gasteiger partial charge < -0.3 is 20.0 Å². The Morgan fingerprint density at radius 1 is 0.966 bits per heavy atom. The van der Waals surface area contributed by atoms with Crippen molar-refractivity contribution in [2.75, 3.05) is 65.9 Å². The predicted molar refractivity (Wildman–Crippen MR) is 122 cm³/mol. The summed E-state index contributed by atoms with van der Waals surface area (Å²) in [5.74, 6) is 0.986. The van der Waals surface area contributed by atoms with Crippen LogP contribution in [0.2, 0.25) is 0 Å². The molecule has 0 spiro atoms. The van der Waals surface area contributed by atoms with Gasteiger partial charge in [0.05, 0.1) is 7.11 Å². The topological polar surface area (TPSA) is 31.0 Å². The molecule has 2 aromatic carbocycles. The first kappa shape index (κ1) is 21.6. The molecular formula is C24H36N4O. The van der Waals surface area contributed by atoms with E-state index in [0.717, 1.165) is 70.0 Å². The summed E-state index contributed by atoms with van der Waals surface area (Å²) in [6, 6.07) is 17.2. The van der Waals surface area contributed by atoms with Gasteiger partial charge in [-0.15, -0.1) is 0 Å². The third kappa shape index (κ3) is 7.03. The van der Waals surface area contributed by atoms with Crippen LogP contribution in [-0.2, 0) is 12.8 Å². The Labute approximate surface area is 176 Å². The summed E-state index contributed by atoms with van der Waals surface area (Å²) < 4.78 is 5.56. The summed E-state index contributed by atoms with van der Waals surface area (Å²) in [5, 5.41) is 2.34. The van der Waals surface area contributed by atoms with Gasteiger partial charge in [0, 0.05) is 38.4 Å². The predicted octanol–water partition coefficient (Wildman–Crippen LogP) is 3.38. The molecule has 0 unspecified atom stereocenters. The van der Waals surface area contributed by atoms with Crippen LogP contribution >= 0.6 is 0 Å². The highest BCUT2D eigenvalue weighted by atomic mass is 16.5. The summed E-state index contributed by atoms with van der Waals surface area (Å²) in [4.78, 5) is 4.79. The van der Waals surface area contributed by atoms with E-state index in [0.29, 0.717) is 0 Å². The number of nitrogens with one attached hydrogen (secondary N) is 1. The van der Waals surface area contributed by atoms with Crippen LogP contribution in [0.4, 0.5) is 5.69 Å². The number of anilines is 1. The quantitative estimate of drug-likeness (QED) is 0.665. The third-order valence-electron chi connectivity index (χ3n) is 5.55. The summed E-state index contributed by atoms with van der Waals surface area (Å²) >= 11 is 0. The van der Waals surface area contributed by atoms with Gasteiger partial charge in [0.1, 0.15) is 5.75 Å². The molecule has 1 aliphatic rings. The van der Waals surface area contributed by atoms with Crippen molar-refractivity contribution < 1.29 is 4.74 Å². The minimum Gasteiger partial charge on any atom is -0.496 e. The lowest BCUT2D eigenvalue weighted by molar-refractivity contribution is 0.154. The minimum absolute atomic E-state index is 0.986. The molecule has 0 bridgehead atoms. The SMILES string of the molecule is COc1ccc(NN2CCN(CCc3ccccc3)CC2)cc1CCCN(C)C.